The predicted octanol–water partition coefficient (Wildman–Crippen LogP) is 3.04. The maximum Gasteiger partial charge on any atom is 2.00 e. The fourth-order valence-electron chi connectivity index (χ4n) is 7.55. The Morgan fingerprint density at radius 2 is 1.68 bits per heavy atom. The summed E-state index contributed by atoms with van der Waals surface area (Å²) in [6.45, 7) is 11.4. The Morgan fingerprint density at radius 3 is 2.30 bits per heavy atom. The number of aliphatic hydroxyl groups is 3. The predicted molar refractivity (Wildman–Crippen MR) is 177 cm³/mol. The van der Waals surface area contributed by atoms with Gasteiger partial charge in [0.2, 0.25) is 0 Å². The monoisotopic (exact) mass is 646 g/mol. The third-order valence-electron chi connectivity index (χ3n) is 9.65. The van der Waals surface area contributed by atoms with E-state index < -0.39 is 18.4 Å². The minimum atomic E-state index is -1.80. The number of aromatic nitrogens is 4. The number of hydrogen-bond acceptors (Lipinski definition) is 8. The van der Waals surface area contributed by atoms with Crippen LogP contribution in [-0.2, 0) is 11.2 Å². The topological polar surface area (TPSA) is 178 Å². The van der Waals surface area contributed by atoms with Crippen LogP contribution in [0.4, 0.5) is 0 Å². The van der Waals surface area contributed by atoms with E-state index in [1.807, 2.05) is 34.6 Å². The van der Waals surface area contributed by atoms with E-state index in [-0.39, 0.29) is 59.1 Å². The number of carboxylic acid groups (broad SMARTS) is 1. The fourth-order valence-corrected chi connectivity index (χ4v) is 7.55. The molecule has 1 unspecified atom stereocenters. The molecule has 3 aromatic rings. The first-order valence-electron chi connectivity index (χ1n) is 15.9. The Hall–Kier alpha value is -3.48. The molecule has 0 fully saturated rings. The molecule has 11 heteroatoms. The molecule has 0 saturated heterocycles. The SMILES string of the molecule is CCCC1=C(C(O)O)c2cc3[n-]c(c(C)c4nc(c5c6[n-]c(cc1n2)c(CC)c6C([O-])=C5)[C@@H](CCC(=O)[O-])[C@@H]4C)c(C)c3C(C)O.[Mg+2]. The maximum atomic E-state index is 13.6. The average Bonchev–Trinajstić information content (AvgIpc) is 3.76. The fraction of sp³-hybridized carbons (Fsp3) is 0.417. The van der Waals surface area contributed by atoms with Gasteiger partial charge in [-0.25, -0.2) is 4.98 Å². The largest absolute Gasteiger partial charge is 2.00 e. The third kappa shape index (κ3) is 5.71. The summed E-state index contributed by atoms with van der Waals surface area (Å²) in [4.78, 5) is 31.5. The number of aliphatic hydroxyl groups excluding tert-OH is 2. The van der Waals surface area contributed by atoms with Crippen molar-refractivity contribution in [2.75, 3.05) is 0 Å². The molecule has 3 aliphatic rings. The molecule has 1 aliphatic carbocycles. The maximum absolute atomic E-state index is 13.6. The molecule has 3 N–H and O–H groups in total. The molecule has 3 aromatic heterocycles. The van der Waals surface area contributed by atoms with E-state index in [4.69, 9.17) is 19.9 Å². The van der Waals surface area contributed by atoms with Crippen molar-refractivity contribution >= 4 is 74.1 Å². The first kappa shape index (κ1) is 34.8. The van der Waals surface area contributed by atoms with Gasteiger partial charge in [0, 0.05) is 29.1 Å². The average molecular weight is 647 g/mol. The number of hydrogen-bond donors (Lipinski definition) is 3. The van der Waals surface area contributed by atoms with Gasteiger partial charge in [0.05, 0.1) is 23.2 Å². The van der Waals surface area contributed by atoms with Gasteiger partial charge in [0.15, 0.2) is 6.29 Å². The molecular weight excluding hydrogens is 609 g/mol. The van der Waals surface area contributed by atoms with Crippen molar-refractivity contribution in [2.24, 2.45) is 0 Å². The van der Waals surface area contributed by atoms with Crippen LogP contribution < -0.4 is 20.2 Å². The van der Waals surface area contributed by atoms with E-state index in [0.717, 1.165) is 28.8 Å². The molecule has 8 bridgehead atoms. The second kappa shape index (κ2) is 13.2. The zero-order valence-corrected chi connectivity index (χ0v) is 29.1. The minimum Gasteiger partial charge on any atom is -0.872 e. The van der Waals surface area contributed by atoms with Crippen LogP contribution in [0.25, 0.3) is 45.0 Å². The number of aliphatic carboxylic acids is 1. The van der Waals surface area contributed by atoms with Gasteiger partial charge in [-0.15, -0.1) is 27.8 Å². The van der Waals surface area contributed by atoms with Gasteiger partial charge in [0.25, 0.3) is 0 Å². The molecule has 0 spiro atoms. The van der Waals surface area contributed by atoms with Gasteiger partial charge in [-0.1, -0.05) is 56.5 Å². The van der Waals surface area contributed by atoms with Crippen LogP contribution in [0.1, 0.15) is 127 Å². The van der Waals surface area contributed by atoms with Crippen LogP contribution >= 0.6 is 0 Å². The van der Waals surface area contributed by atoms with Crippen molar-refractivity contribution in [2.45, 2.75) is 97.9 Å². The summed E-state index contributed by atoms with van der Waals surface area (Å²) >= 11 is 0. The molecule has 0 radical (unpaired) electrons. The van der Waals surface area contributed by atoms with Crippen LogP contribution in [0.3, 0.4) is 0 Å². The van der Waals surface area contributed by atoms with Gasteiger partial charge >= 0.3 is 23.1 Å². The molecule has 242 valence electrons. The first-order chi connectivity index (χ1) is 21.9. The molecule has 47 heavy (non-hydrogen) atoms. The number of carbonyl (C=O) groups excluding carboxylic acids is 1. The summed E-state index contributed by atoms with van der Waals surface area (Å²) in [5.41, 5.74) is 9.26. The first-order valence-corrected chi connectivity index (χ1v) is 15.9. The van der Waals surface area contributed by atoms with E-state index in [2.05, 4.69) is 0 Å². The summed E-state index contributed by atoms with van der Waals surface area (Å²) in [5, 5.41) is 57.3. The minimum absolute atomic E-state index is 0. The van der Waals surface area contributed by atoms with Crippen molar-refractivity contribution in [1.29, 1.82) is 0 Å². The van der Waals surface area contributed by atoms with E-state index in [1.165, 1.54) is 0 Å². The number of rotatable bonds is 8. The zero-order valence-electron chi connectivity index (χ0n) is 27.6. The molecule has 6 rings (SSSR count). The Kier molecular flexibility index (Phi) is 9.78. The van der Waals surface area contributed by atoms with Crippen molar-refractivity contribution in [3.63, 3.8) is 0 Å². The molecule has 3 atom stereocenters. The molecule has 0 saturated carbocycles. The Bertz CT molecular complexity index is 2000. The number of fused-ring (bicyclic) bond motifs is 8. The summed E-state index contributed by atoms with van der Waals surface area (Å²) < 4.78 is 0. The van der Waals surface area contributed by atoms with Gasteiger partial charge in [-0.05, 0) is 74.3 Å². The standard InChI is InChI=1S/C36H41N4O6.Mg/c1-7-9-21-24-13-23-19(8-2)31-27(42)12-22(35(31)38-23)34-20(10-11-28(43)44)15(3)32(40-34)17(5)33-16(4)29(18(6)41)25(39-33)14-26(37-24)30(21)36(45)46;/h12-15,18,20,36,41,45-46H,7-11H2,1-6H3,(H3-,37,38,39,40,42,43,44);/q-1;+2/p-3/t15-,18?,20-;/m0./s1. The number of aryl methyl sites for hydroxylation is 3. The van der Waals surface area contributed by atoms with E-state index >= 15 is 0 Å². The molecular formula is C36H38MgN4O6-2. The Balaban J connectivity index is 0.00000433. The second-order valence-electron chi connectivity index (χ2n) is 12.5. The van der Waals surface area contributed by atoms with Gasteiger partial charge in [0.1, 0.15) is 0 Å². The zero-order chi connectivity index (χ0) is 33.2. The number of carboxylic acids is 1. The smallest absolute Gasteiger partial charge is 0.872 e. The summed E-state index contributed by atoms with van der Waals surface area (Å²) in [5.74, 6) is -1.84. The Labute approximate surface area is 289 Å². The van der Waals surface area contributed by atoms with Crippen LogP contribution in [0, 0.1) is 13.8 Å². The number of nitrogens with zero attached hydrogens (tertiary/aromatic N) is 4. The van der Waals surface area contributed by atoms with Crippen molar-refractivity contribution in [1.82, 2.24) is 19.9 Å². The van der Waals surface area contributed by atoms with Gasteiger partial charge in [-0.2, -0.15) is 0 Å². The molecule has 0 aromatic carbocycles. The summed E-state index contributed by atoms with van der Waals surface area (Å²) in [6, 6.07) is 3.49. The molecule has 2 aliphatic heterocycles. The summed E-state index contributed by atoms with van der Waals surface area (Å²) in [6.07, 6.45) is 0.759. The normalized spacial score (nSPS) is 17.7. The van der Waals surface area contributed by atoms with Gasteiger partial charge in [-0.3, -0.25) is 4.98 Å². The van der Waals surface area contributed by atoms with Crippen LogP contribution in [0.2, 0.25) is 0 Å². The van der Waals surface area contributed by atoms with Crippen LogP contribution in [0.15, 0.2) is 12.1 Å². The third-order valence-corrected chi connectivity index (χ3v) is 9.65. The Morgan fingerprint density at radius 1 is 1.00 bits per heavy atom. The second-order valence-corrected chi connectivity index (χ2v) is 12.5. The quantitative estimate of drug-likeness (QED) is 0.243. The van der Waals surface area contributed by atoms with E-state index in [0.29, 0.717) is 74.3 Å². The van der Waals surface area contributed by atoms with Crippen molar-refractivity contribution in [3.8, 4) is 0 Å². The van der Waals surface area contributed by atoms with Crippen LogP contribution in [0.5, 0.6) is 0 Å². The van der Waals surface area contributed by atoms with Crippen LogP contribution in [-0.4, -0.2) is 60.6 Å². The molecule has 5 heterocycles. The number of carbonyl (C=O) groups is 1. The van der Waals surface area contributed by atoms with Gasteiger partial charge < -0.3 is 40.3 Å². The number of allylic oxidation sites excluding steroid dienone is 1. The molecule has 0 amide bonds. The van der Waals surface area contributed by atoms with Crippen molar-refractivity contribution in [3.05, 3.63) is 68.3 Å². The summed E-state index contributed by atoms with van der Waals surface area (Å²) in [7, 11) is 0. The van der Waals surface area contributed by atoms with E-state index in [9.17, 15) is 30.3 Å². The molecule has 10 nitrogen and oxygen atoms in total. The van der Waals surface area contributed by atoms with Crippen molar-refractivity contribution < 1.29 is 30.3 Å². The van der Waals surface area contributed by atoms with E-state index in [1.54, 1.807) is 25.1 Å².